The van der Waals surface area contributed by atoms with Gasteiger partial charge in [0.05, 0.1) is 0 Å². The van der Waals surface area contributed by atoms with E-state index < -0.39 is 6.10 Å². The molecule has 0 saturated heterocycles. The number of rotatable bonds is 64. The summed E-state index contributed by atoms with van der Waals surface area (Å²) in [6.07, 6.45) is 86.7. The average Bonchev–Trinajstić information content (AvgIpc) is 3.45. The topological polar surface area (TPSA) is 78.9 Å². The fourth-order valence-electron chi connectivity index (χ4n) is 10.4. The van der Waals surface area contributed by atoms with Crippen molar-refractivity contribution in [2.24, 2.45) is 0 Å². The summed E-state index contributed by atoms with van der Waals surface area (Å²) < 4.78 is 17.0. The number of allylic oxidation sites excluding steroid dienone is 10. The van der Waals surface area contributed by atoms with Gasteiger partial charge in [0.15, 0.2) is 6.10 Å². The molecule has 0 bridgehead atoms. The van der Waals surface area contributed by atoms with Crippen molar-refractivity contribution >= 4 is 17.9 Å². The van der Waals surface area contributed by atoms with E-state index in [2.05, 4.69) is 81.5 Å². The van der Waals surface area contributed by atoms with Crippen molar-refractivity contribution in [2.45, 2.75) is 374 Å². The first-order valence-corrected chi connectivity index (χ1v) is 34.8. The van der Waals surface area contributed by atoms with Gasteiger partial charge in [0.2, 0.25) is 0 Å². The van der Waals surface area contributed by atoms with Gasteiger partial charge < -0.3 is 14.2 Å². The highest BCUT2D eigenvalue weighted by Crippen LogP contribution is 2.18. The molecule has 460 valence electrons. The van der Waals surface area contributed by atoms with Crippen LogP contribution in [0, 0.1) is 0 Å². The predicted octanol–water partition coefficient (Wildman–Crippen LogP) is 23.9. The zero-order chi connectivity index (χ0) is 57.1. The van der Waals surface area contributed by atoms with Crippen LogP contribution in [0.1, 0.15) is 367 Å². The fourth-order valence-corrected chi connectivity index (χ4v) is 10.4. The maximum atomic E-state index is 12.9. The van der Waals surface area contributed by atoms with Crippen molar-refractivity contribution < 1.29 is 28.6 Å². The highest BCUT2D eigenvalue weighted by molar-refractivity contribution is 5.71. The second kappa shape index (κ2) is 67.6. The molecule has 0 aromatic heterocycles. The molecule has 0 aliphatic heterocycles. The molecule has 6 heteroatoms. The molecule has 0 saturated carbocycles. The molecule has 1 atom stereocenters. The van der Waals surface area contributed by atoms with E-state index in [4.69, 9.17) is 14.2 Å². The van der Waals surface area contributed by atoms with E-state index in [1.54, 1.807) is 0 Å². The van der Waals surface area contributed by atoms with Gasteiger partial charge in [-0.2, -0.15) is 0 Å². The van der Waals surface area contributed by atoms with Crippen LogP contribution in [0.15, 0.2) is 60.8 Å². The van der Waals surface area contributed by atoms with Crippen molar-refractivity contribution in [3.8, 4) is 0 Å². The standard InChI is InChI=1S/C73H132O6/c1-4-7-10-13-16-19-22-25-28-30-31-32-33-34-35-36-37-38-39-40-41-42-43-44-46-48-51-54-57-60-63-66-72(75)78-69-70(68-77-71(74)65-62-59-56-53-50-47-27-24-21-18-15-12-9-6-3)79-73(76)67-64-61-58-55-52-49-45-29-26-23-20-17-14-11-8-5-2/h7,10,16,19,25,28,31-32,34-35,70H,4-6,8-9,11-15,17-18,20-24,26-27,29-30,33,36-69H2,1-3H3/b10-7-,19-16-,28-25-,32-31-,35-34-. The molecule has 0 N–H and O–H groups in total. The van der Waals surface area contributed by atoms with Crippen LogP contribution in [0.4, 0.5) is 0 Å². The Morgan fingerprint density at radius 2 is 0.494 bits per heavy atom. The molecule has 79 heavy (non-hydrogen) atoms. The van der Waals surface area contributed by atoms with Crippen molar-refractivity contribution in [1.82, 2.24) is 0 Å². The Labute approximate surface area is 491 Å². The lowest BCUT2D eigenvalue weighted by Gasteiger charge is -2.18. The maximum Gasteiger partial charge on any atom is 0.306 e. The number of carbonyl (C=O) groups excluding carboxylic acids is 3. The van der Waals surface area contributed by atoms with Gasteiger partial charge in [0.25, 0.3) is 0 Å². The quantitative estimate of drug-likeness (QED) is 0.0261. The van der Waals surface area contributed by atoms with E-state index in [0.717, 1.165) is 89.9 Å². The predicted molar refractivity (Wildman–Crippen MR) is 344 cm³/mol. The molecule has 0 aromatic carbocycles. The van der Waals surface area contributed by atoms with Crippen LogP contribution in [0.2, 0.25) is 0 Å². The second-order valence-electron chi connectivity index (χ2n) is 23.4. The van der Waals surface area contributed by atoms with Gasteiger partial charge in [-0.25, -0.2) is 0 Å². The van der Waals surface area contributed by atoms with Gasteiger partial charge in [-0.15, -0.1) is 0 Å². The summed E-state index contributed by atoms with van der Waals surface area (Å²) >= 11 is 0. The summed E-state index contributed by atoms with van der Waals surface area (Å²) in [5.74, 6) is -0.840. The van der Waals surface area contributed by atoms with Crippen molar-refractivity contribution in [3.05, 3.63) is 60.8 Å². The van der Waals surface area contributed by atoms with Gasteiger partial charge in [-0.1, -0.05) is 345 Å². The summed E-state index contributed by atoms with van der Waals surface area (Å²) in [7, 11) is 0. The summed E-state index contributed by atoms with van der Waals surface area (Å²) in [5, 5.41) is 0. The molecule has 0 radical (unpaired) electrons. The third-order valence-corrected chi connectivity index (χ3v) is 15.5. The number of carbonyl (C=O) groups is 3. The highest BCUT2D eigenvalue weighted by atomic mass is 16.6. The van der Waals surface area contributed by atoms with Crippen LogP contribution in [-0.4, -0.2) is 37.2 Å². The third kappa shape index (κ3) is 65.8. The van der Waals surface area contributed by atoms with Crippen LogP contribution in [0.25, 0.3) is 0 Å². The van der Waals surface area contributed by atoms with E-state index >= 15 is 0 Å². The van der Waals surface area contributed by atoms with E-state index in [1.165, 1.54) is 238 Å². The molecule has 0 fully saturated rings. The molecule has 0 spiro atoms. The lowest BCUT2D eigenvalue weighted by atomic mass is 10.0. The first kappa shape index (κ1) is 76.1. The van der Waals surface area contributed by atoms with Crippen LogP contribution < -0.4 is 0 Å². The number of hydrogen-bond donors (Lipinski definition) is 0. The minimum absolute atomic E-state index is 0.0666. The van der Waals surface area contributed by atoms with Crippen LogP contribution in [0.5, 0.6) is 0 Å². The SMILES string of the molecule is CC/C=C\C/C=C\C/C=C\C/C=C\C/C=C\CCCCCCCCCCCCCCCCCC(=O)OCC(COC(=O)CCCCCCCCCCCCCCCC)OC(=O)CCCCCCCCCCCCCCCCCC. The Kier molecular flexibility index (Phi) is 65.1. The molecule has 0 amide bonds. The largest absolute Gasteiger partial charge is 0.462 e. The van der Waals surface area contributed by atoms with E-state index in [-0.39, 0.29) is 31.1 Å². The molecule has 0 aliphatic carbocycles. The zero-order valence-corrected chi connectivity index (χ0v) is 52.9. The van der Waals surface area contributed by atoms with Gasteiger partial charge >= 0.3 is 17.9 Å². The highest BCUT2D eigenvalue weighted by Gasteiger charge is 2.19. The van der Waals surface area contributed by atoms with Crippen molar-refractivity contribution in [3.63, 3.8) is 0 Å². The number of ether oxygens (including phenoxy) is 3. The Hall–Kier alpha value is -2.89. The molecule has 0 aromatic rings. The molecular weight excluding hydrogens is 973 g/mol. The Bertz CT molecular complexity index is 1410. The third-order valence-electron chi connectivity index (χ3n) is 15.5. The van der Waals surface area contributed by atoms with Gasteiger partial charge in [0.1, 0.15) is 13.2 Å². The molecular formula is C73H132O6. The zero-order valence-electron chi connectivity index (χ0n) is 52.9. The minimum atomic E-state index is -0.769. The van der Waals surface area contributed by atoms with E-state index in [0.29, 0.717) is 19.3 Å². The first-order chi connectivity index (χ1) is 39.0. The van der Waals surface area contributed by atoms with Gasteiger partial charge in [-0.05, 0) is 64.2 Å². The lowest BCUT2D eigenvalue weighted by molar-refractivity contribution is -0.167. The average molecular weight is 1110 g/mol. The minimum Gasteiger partial charge on any atom is -0.462 e. The fraction of sp³-hybridized carbons (Fsp3) is 0.822. The number of hydrogen-bond acceptors (Lipinski definition) is 6. The number of unbranched alkanes of at least 4 members (excludes halogenated alkanes) is 43. The molecule has 0 heterocycles. The summed E-state index contributed by atoms with van der Waals surface area (Å²) in [4.78, 5) is 38.4. The second-order valence-corrected chi connectivity index (χ2v) is 23.4. The molecule has 6 nitrogen and oxygen atoms in total. The summed E-state index contributed by atoms with van der Waals surface area (Å²) in [5.41, 5.74) is 0. The maximum absolute atomic E-state index is 12.9. The summed E-state index contributed by atoms with van der Waals surface area (Å²) in [6.45, 7) is 6.59. The number of esters is 3. The Balaban J connectivity index is 4.18. The van der Waals surface area contributed by atoms with Crippen LogP contribution >= 0.6 is 0 Å². The van der Waals surface area contributed by atoms with Gasteiger partial charge in [0, 0.05) is 19.3 Å². The van der Waals surface area contributed by atoms with E-state index in [1.807, 2.05) is 0 Å². The Morgan fingerprint density at radius 1 is 0.266 bits per heavy atom. The summed E-state index contributed by atoms with van der Waals surface area (Å²) in [6, 6.07) is 0. The van der Waals surface area contributed by atoms with Crippen molar-refractivity contribution in [2.75, 3.05) is 13.2 Å². The van der Waals surface area contributed by atoms with Crippen molar-refractivity contribution in [1.29, 1.82) is 0 Å². The van der Waals surface area contributed by atoms with E-state index in [9.17, 15) is 14.4 Å². The van der Waals surface area contributed by atoms with Crippen LogP contribution in [-0.2, 0) is 28.6 Å². The Morgan fingerprint density at radius 3 is 0.772 bits per heavy atom. The smallest absolute Gasteiger partial charge is 0.306 e. The monoisotopic (exact) mass is 1110 g/mol. The van der Waals surface area contributed by atoms with Gasteiger partial charge in [-0.3, -0.25) is 14.4 Å². The molecule has 0 rings (SSSR count). The normalized spacial score (nSPS) is 12.4. The molecule has 0 aliphatic rings. The lowest BCUT2D eigenvalue weighted by Crippen LogP contribution is -2.30. The first-order valence-electron chi connectivity index (χ1n) is 34.8. The van der Waals surface area contributed by atoms with Crippen LogP contribution in [0.3, 0.4) is 0 Å². The molecule has 1 unspecified atom stereocenters.